The zero-order valence-electron chi connectivity index (χ0n) is 29.5. The number of methoxy groups -OCH3 is 1. The fraction of sp³-hybridized carbons (Fsp3) is 0.220. The molecule has 0 saturated carbocycles. The predicted octanol–water partition coefficient (Wildman–Crippen LogP) is 7.61. The van der Waals surface area contributed by atoms with Crippen LogP contribution in [0.1, 0.15) is 11.1 Å². The van der Waals surface area contributed by atoms with E-state index in [0.717, 1.165) is 26.7 Å². The lowest BCUT2D eigenvalue weighted by Crippen LogP contribution is -2.14. The molecule has 1 aliphatic heterocycles. The number of aliphatic imine (C=N–C) groups is 2. The summed E-state index contributed by atoms with van der Waals surface area (Å²) in [4.78, 5) is 9.86. The van der Waals surface area contributed by atoms with Crippen molar-refractivity contribution >= 4 is 30.3 Å². The van der Waals surface area contributed by atoms with Gasteiger partial charge in [-0.2, -0.15) is 0 Å². The molecule has 0 saturated heterocycles. The quantitative estimate of drug-likeness (QED) is 0.0697. The molecule has 2 N–H and O–H groups in total. The highest BCUT2D eigenvalue weighted by atomic mass is 19.2. The summed E-state index contributed by atoms with van der Waals surface area (Å²) in [6.07, 6.45) is 1.93. The Bertz CT molecular complexity index is 2000. The molecule has 4 aromatic carbocycles. The van der Waals surface area contributed by atoms with Crippen molar-refractivity contribution in [3.8, 4) is 33.9 Å². The van der Waals surface area contributed by atoms with Gasteiger partial charge < -0.3 is 33.9 Å². The van der Waals surface area contributed by atoms with Crippen LogP contribution in [0.25, 0.3) is 28.0 Å². The zero-order chi connectivity index (χ0) is 36.8. The average Bonchev–Trinajstić information content (AvgIpc) is 3.80. The van der Waals surface area contributed by atoms with E-state index in [-0.39, 0.29) is 5.82 Å². The number of hydrogen-bond donors (Lipinski definition) is 1. The molecule has 0 unspecified atom stereocenters. The van der Waals surface area contributed by atoms with Gasteiger partial charge in [-0.1, -0.05) is 60.7 Å². The number of allylic oxidation sites excluding steroid dienone is 1. The van der Waals surface area contributed by atoms with Crippen molar-refractivity contribution in [2.45, 2.75) is 0 Å². The standard InChI is InChI=1S/C41H41BF2N4O5/c1-49-22-23-50-24-25-51-26-27-53-35-18-14-33(15-19-35)39-29-37(31-10-6-3-7-11-31)41(48(39)42(43)44)47-40-36(30-8-4-2-5-9-30)28-38(46-40)32-12-16-34(17-13-32)52-21-20-45/h2-19,28-29H,20-27,45H2,1H3/b47-40-. The van der Waals surface area contributed by atoms with Gasteiger partial charge in [0.1, 0.15) is 30.5 Å². The fourth-order valence-electron chi connectivity index (χ4n) is 5.75. The van der Waals surface area contributed by atoms with Gasteiger partial charge in [0, 0.05) is 36.0 Å². The first-order valence-corrected chi connectivity index (χ1v) is 17.4. The summed E-state index contributed by atoms with van der Waals surface area (Å²) >= 11 is 0. The minimum absolute atomic E-state index is 0.0947. The number of aromatic nitrogens is 1. The summed E-state index contributed by atoms with van der Waals surface area (Å²) < 4.78 is 58.9. The van der Waals surface area contributed by atoms with E-state index in [1.54, 1.807) is 37.4 Å². The van der Waals surface area contributed by atoms with E-state index >= 15 is 8.63 Å². The molecule has 6 rings (SSSR count). The Labute approximate surface area is 308 Å². The van der Waals surface area contributed by atoms with E-state index in [0.29, 0.717) is 92.7 Å². The highest BCUT2D eigenvalue weighted by Gasteiger charge is 2.30. The van der Waals surface area contributed by atoms with Crippen molar-refractivity contribution in [2.75, 3.05) is 59.9 Å². The largest absolute Gasteiger partial charge is 0.679 e. The molecule has 0 fully saturated rings. The van der Waals surface area contributed by atoms with Crippen LogP contribution in [0.5, 0.6) is 11.5 Å². The van der Waals surface area contributed by atoms with Gasteiger partial charge in [0.05, 0.1) is 38.7 Å². The van der Waals surface area contributed by atoms with Gasteiger partial charge in [-0.3, -0.25) is 8.63 Å². The third kappa shape index (κ3) is 9.73. The lowest BCUT2D eigenvalue weighted by atomic mass is 10.0. The number of benzene rings is 4. The predicted molar refractivity (Wildman–Crippen MR) is 207 cm³/mol. The third-order valence-corrected chi connectivity index (χ3v) is 8.32. The Morgan fingerprint density at radius 3 is 1.83 bits per heavy atom. The molecule has 5 aromatic rings. The number of rotatable bonds is 19. The van der Waals surface area contributed by atoms with Crippen molar-refractivity contribution in [2.24, 2.45) is 15.7 Å². The van der Waals surface area contributed by atoms with Crippen LogP contribution in [-0.2, 0) is 14.2 Å². The number of ether oxygens (including phenoxy) is 5. The SMILES string of the molecule is COCCOCCOCCOc1ccc(-c2cc(-c3ccccc3)c(/N=C3\N=C(c4ccc(OCCN)cc4)C=C3c3ccccc3)n2B(F)F)cc1. The Kier molecular flexibility index (Phi) is 13.3. The molecule has 0 spiro atoms. The molecular formula is C41H41BF2N4O5. The maximum atomic E-state index is 15.3. The first-order chi connectivity index (χ1) is 26.1. The minimum atomic E-state index is -2.90. The minimum Gasteiger partial charge on any atom is -0.492 e. The first-order valence-electron chi connectivity index (χ1n) is 17.4. The van der Waals surface area contributed by atoms with Crippen molar-refractivity contribution in [3.63, 3.8) is 0 Å². The van der Waals surface area contributed by atoms with Crippen LogP contribution in [0, 0.1) is 0 Å². The number of hydrogen-bond acceptors (Lipinski definition) is 7. The van der Waals surface area contributed by atoms with E-state index < -0.39 is 7.40 Å². The molecule has 0 atom stereocenters. The van der Waals surface area contributed by atoms with Gasteiger partial charge in [0.2, 0.25) is 0 Å². The molecule has 12 heteroatoms. The van der Waals surface area contributed by atoms with E-state index in [9.17, 15) is 0 Å². The molecule has 9 nitrogen and oxygen atoms in total. The monoisotopic (exact) mass is 718 g/mol. The summed E-state index contributed by atoms with van der Waals surface area (Å²) in [5, 5.41) is 0. The summed E-state index contributed by atoms with van der Waals surface area (Å²) in [5.74, 6) is 1.71. The van der Waals surface area contributed by atoms with Crippen LogP contribution in [0.4, 0.5) is 14.4 Å². The molecule has 1 aliphatic rings. The summed E-state index contributed by atoms with van der Waals surface area (Å²) in [5.41, 5.74) is 10.8. The number of halogens is 2. The Morgan fingerprint density at radius 2 is 1.23 bits per heavy atom. The smallest absolute Gasteiger partial charge is 0.492 e. The summed E-state index contributed by atoms with van der Waals surface area (Å²) in [7, 11) is -1.28. The van der Waals surface area contributed by atoms with E-state index in [2.05, 4.69) is 0 Å². The topological polar surface area (TPSA) is 102 Å². The molecule has 0 radical (unpaired) electrons. The van der Waals surface area contributed by atoms with E-state index in [1.807, 2.05) is 91.0 Å². The third-order valence-electron chi connectivity index (χ3n) is 8.32. The summed E-state index contributed by atoms with van der Waals surface area (Å²) in [6, 6.07) is 35.4. The maximum Gasteiger partial charge on any atom is 0.679 e. The Hall–Kier alpha value is -5.40. The maximum absolute atomic E-state index is 15.3. The highest BCUT2D eigenvalue weighted by Crippen LogP contribution is 2.40. The van der Waals surface area contributed by atoms with Crippen LogP contribution in [-0.4, -0.2) is 83.3 Å². The first kappa shape index (κ1) is 37.4. The molecule has 272 valence electrons. The van der Waals surface area contributed by atoms with Gasteiger partial charge in [-0.25, -0.2) is 9.98 Å². The van der Waals surface area contributed by atoms with Gasteiger partial charge in [-0.05, 0) is 77.4 Å². The van der Waals surface area contributed by atoms with E-state index in [1.165, 1.54) is 0 Å². The van der Waals surface area contributed by atoms with Crippen molar-refractivity contribution in [3.05, 3.63) is 132 Å². The molecule has 53 heavy (non-hydrogen) atoms. The van der Waals surface area contributed by atoms with Gasteiger partial charge >= 0.3 is 7.40 Å². The number of amidine groups is 1. The average molecular weight is 719 g/mol. The van der Waals surface area contributed by atoms with Crippen molar-refractivity contribution in [1.29, 1.82) is 0 Å². The van der Waals surface area contributed by atoms with Gasteiger partial charge in [0.25, 0.3) is 0 Å². The fourth-order valence-corrected chi connectivity index (χ4v) is 5.75. The number of nitrogens with zero attached hydrogens (tertiary/aromatic N) is 3. The van der Waals surface area contributed by atoms with Crippen LogP contribution in [0.15, 0.2) is 131 Å². The molecule has 2 heterocycles. The molecule has 0 bridgehead atoms. The lowest BCUT2D eigenvalue weighted by Gasteiger charge is -2.11. The molecule has 0 aliphatic carbocycles. The van der Waals surface area contributed by atoms with Crippen LogP contribution in [0.3, 0.4) is 0 Å². The van der Waals surface area contributed by atoms with Crippen LogP contribution in [0.2, 0.25) is 0 Å². The highest BCUT2D eigenvalue weighted by molar-refractivity contribution is 6.43. The van der Waals surface area contributed by atoms with Crippen LogP contribution >= 0.6 is 0 Å². The summed E-state index contributed by atoms with van der Waals surface area (Å²) in [6.45, 7) is 3.50. The van der Waals surface area contributed by atoms with Gasteiger partial charge in [-0.15, -0.1) is 0 Å². The molecule has 0 amide bonds. The second-order valence-corrected chi connectivity index (χ2v) is 11.9. The van der Waals surface area contributed by atoms with Crippen LogP contribution < -0.4 is 15.2 Å². The number of nitrogens with two attached hydrogens (primary N) is 1. The van der Waals surface area contributed by atoms with Crippen molar-refractivity contribution in [1.82, 2.24) is 4.48 Å². The van der Waals surface area contributed by atoms with Crippen molar-refractivity contribution < 1.29 is 32.3 Å². The second kappa shape index (κ2) is 18.9. The Morgan fingerprint density at radius 1 is 0.660 bits per heavy atom. The van der Waals surface area contributed by atoms with Gasteiger partial charge in [0.15, 0.2) is 5.84 Å². The Balaban J connectivity index is 1.32. The second-order valence-electron chi connectivity index (χ2n) is 11.9. The normalized spacial score (nSPS) is 13.2. The zero-order valence-corrected chi connectivity index (χ0v) is 29.5. The molecule has 1 aromatic heterocycles. The lowest BCUT2D eigenvalue weighted by molar-refractivity contribution is 0.0180. The molecular weight excluding hydrogens is 677 g/mol. The van der Waals surface area contributed by atoms with E-state index in [4.69, 9.17) is 39.4 Å².